The van der Waals surface area contributed by atoms with Crippen molar-refractivity contribution in [3.63, 3.8) is 0 Å². The van der Waals surface area contributed by atoms with E-state index in [1.165, 1.54) is 0 Å². The molecule has 0 spiro atoms. The second-order valence-electron chi connectivity index (χ2n) is 4.13. The molecule has 76 valence electrons. The van der Waals surface area contributed by atoms with Crippen molar-refractivity contribution in [1.82, 2.24) is 5.32 Å². The summed E-state index contributed by atoms with van der Waals surface area (Å²) >= 11 is 0. The molecule has 1 rings (SSSR count). The number of carbonyl (C=O) groups is 1. The standard InChI is InChI=1S/C10H19NO2/c1-4-13-9(12)10(2,3)8-5-6-11-7-8/h8,11H,4-7H2,1-3H3. The van der Waals surface area contributed by atoms with Gasteiger partial charge in [0.1, 0.15) is 0 Å². The summed E-state index contributed by atoms with van der Waals surface area (Å²) in [7, 11) is 0. The summed E-state index contributed by atoms with van der Waals surface area (Å²) in [6, 6.07) is 0. The van der Waals surface area contributed by atoms with Crippen LogP contribution in [0, 0.1) is 11.3 Å². The molecular weight excluding hydrogens is 166 g/mol. The molecule has 1 aliphatic rings. The van der Waals surface area contributed by atoms with Gasteiger partial charge in [0.2, 0.25) is 0 Å². The summed E-state index contributed by atoms with van der Waals surface area (Å²) in [5, 5.41) is 3.27. The Labute approximate surface area is 79.8 Å². The predicted molar refractivity (Wildman–Crippen MR) is 51.4 cm³/mol. The van der Waals surface area contributed by atoms with Crippen molar-refractivity contribution in [2.45, 2.75) is 27.2 Å². The molecule has 3 nitrogen and oxygen atoms in total. The molecule has 1 N–H and O–H groups in total. The molecule has 0 saturated carbocycles. The van der Waals surface area contributed by atoms with Crippen LogP contribution in [0.5, 0.6) is 0 Å². The van der Waals surface area contributed by atoms with Crippen LogP contribution in [0.15, 0.2) is 0 Å². The molecule has 1 heterocycles. The lowest BCUT2D eigenvalue weighted by molar-refractivity contribution is -0.156. The molecule has 1 fully saturated rings. The molecule has 3 heteroatoms. The van der Waals surface area contributed by atoms with E-state index < -0.39 is 0 Å². The lowest BCUT2D eigenvalue weighted by Crippen LogP contribution is -2.35. The molecule has 1 aliphatic heterocycles. The Kier molecular flexibility index (Phi) is 3.31. The number of nitrogens with one attached hydrogen (secondary N) is 1. The first-order valence-corrected chi connectivity index (χ1v) is 4.97. The fourth-order valence-electron chi connectivity index (χ4n) is 1.75. The summed E-state index contributed by atoms with van der Waals surface area (Å²) in [5.41, 5.74) is -0.334. The van der Waals surface area contributed by atoms with Gasteiger partial charge >= 0.3 is 5.97 Å². The minimum Gasteiger partial charge on any atom is -0.466 e. The molecule has 1 saturated heterocycles. The Morgan fingerprint density at radius 2 is 2.31 bits per heavy atom. The fraction of sp³-hybridized carbons (Fsp3) is 0.900. The lowest BCUT2D eigenvalue weighted by Gasteiger charge is -2.28. The lowest BCUT2D eigenvalue weighted by atomic mass is 9.78. The van der Waals surface area contributed by atoms with Crippen LogP contribution < -0.4 is 5.32 Å². The molecule has 0 amide bonds. The second kappa shape index (κ2) is 4.09. The Bertz CT molecular complexity index is 183. The van der Waals surface area contributed by atoms with Crippen LogP contribution in [-0.4, -0.2) is 25.7 Å². The SMILES string of the molecule is CCOC(=O)C(C)(C)C1CCNC1. The molecule has 13 heavy (non-hydrogen) atoms. The van der Waals surface area contributed by atoms with E-state index in [4.69, 9.17) is 4.74 Å². The van der Waals surface area contributed by atoms with E-state index in [1.54, 1.807) is 0 Å². The third-order valence-corrected chi connectivity index (χ3v) is 2.88. The summed E-state index contributed by atoms with van der Waals surface area (Å²) in [5.74, 6) is 0.357. The molecule has 1 atom stereocenters. The van der Waals surface area contributed by atoms with Gasteiger partial charge in [-0.1, -0.05) is 0 Å². The highest BCUT2D eigenvalue weighted by Gasteiger charge is 2.39. The van der Waals surface area contributed by atoms with Crippen molar-refractivity contribution in [1.29, 1.82) is 0 Å². The number of hydrogen-bond donors (Lipinski definition) is 1. The third-order valence-electron chi connectivity index (χ3n) is 2.88. The number of rotatable bonds is 3. The van der Waals surface area contributed by atoms with Gasteiger partial charge in [-0.2, -0.15) is 0 Å². The fourth-order valence-corrected chi connectivity index (χ4v) is 1.75. The highest BCUT2D eigenvalue weighted by atomic mass is 16.5. The Morgan fingerprint density at radius 3 is 2.77 bits per heavy atom. The quantitative estimate of drug-likeness (QED) is 0.671. The van der Waals surface area contributed by atoms with Gasteiger partial charge < -0.3 is 10.1 Å². The van der Waals surface area contributed by atoms with Crippen LogP contribution in [0.25, 0.3) is 0 Å². The van der Waals surface area contributed by atoms with Gasteiger partial charge in [-0.3, -0.25) is 4.79 Å². The molecule has 0 bridgehead atoms. The highest BCUT2D eigenvalue weighted by molar-refractivity contribution is 5.76. The maximum Gasteiger partial charge on any atom is 0.311 e. The maximum absolute atomic E-state index is 11.6. The molecule has 0 aromatic heterocycles. The molecule has 0 radical (unpaired) electrons. The van der Waals surface area contributed by atoms with Gasteiger partial charge in [-0.25, -0.2) is 0 Å². The zero-order chi connectivity index (χ0) is 9.90. The van der Waals surface area contributed by atoms with E-state index in [1.807, 2.05) is 20.8 Å². The average Bonchev–Trinajstić information content (AvgIpc) is 2.56. The topological polar surface area (TPSA) is 38.3 Å². The second-order valence-corrected chi connectivity index (χ2v) is 4.13. The number of hydrogen-bond acceptors (Lipinski definition) is 3. The molecule has 1 unspecified atom stereocenters. The van der Waals surface area contributed by atoms with E-state index in [0.29, 0.717) is 12.5 Å². The predicted octanol–water partition coefficient (Wildman–Crippen LogP) is 1.19. The minimum absolute atomic E-state index is 0.0660. The van der Waals surface area contributed by atoms with E-state index in [2.05, 4.69) is 5.32 Å². The first-order chi connectivity index (χ1) is 6.09. The zero-order valence-electron chi connectivity index (χ0n) is 8.72. The van der Waals surface area contributed by atoms with Crippen molar-refractivity contribution in [3.05, 3.63) is 0 Å². The number of esters is 1. The van der Waals surface area contributed by atoms with Crippen molar-refractivity contribution < 1.29 is 9.53 Å². The largest absolute Gasteiger partial charge is 0.466 e. The van der Waals surface area contributed by atoms with Gasteiger partial charge in [0, 0.05) is 0 Å². The molecule has 0 aromatic rings. The summed E-state index contributed by atoms with van der Waals surface area (Å²) < 4.78 is 5.05. The Balaban J connectivity index is 2.57. The van der Waals surface area contributed by atoms with Crippen LogP contribution in [0.4, 0.5) is 0 Å². The molecule has 0 aliphatic carbocycles. The zero-order valence-corrected chi connectivity index (χ0v) is 8.72. The first kappa shape index (κ1) is 10.5. The van der Waals surface area contributed by atoms with E-state index in [0.717, 1.165) is 19.5 Å². The van der Waals surface area contributed by atoms with Gasteiger partial charge in [0.05, 0.1) is 12.0 Å². The van der Waals surface area contributed by atoms with Crippen LogP contribution in [0.1, 0.15) is 27.2 Å². The average molecular weight is 185 g/mol. The Hall–Kier alpha value is -0.570. The van der Waals surface area contributed by atoms with Crippen LogP contribution in [-0.2, 0) is 9.53 Å². The smallest absolute Gasteiger partial charge is 0.311 e. The number of carbonyl (C=O) groups excluding carboxylic acids is 1. The first-order valence-electron chi connectivity index (χ1n) is 4.97. The van der Waals surface area contributed by atoms with Crippen LogP contribution >= 0.6 is 0 Å². The maximum atomic E-state index is 11.6. The van der Waals surface area contributed by atoms with Crippen molar-refractivity contribution >= 4 is 5.97 Å². The summed E-state index contributed by atoms with van der Waals surface area (Å²) in [6.07, 6.45) is 1.08. The van der Waals surface area contributed by atoms with E-state index in [9.17, 15) is 4.79 Å². The van der Waals surface area contributed by atoms with Crippen molar-refractivity contribution in [2.75, 3.05) is 19.7 Å². The van der Waals surface area contributed by atoms with Crippen LogP contribution in [0.3, 0.4) is 0 Å². The molecule has 0 aromatic carbocycles. The summed E-state index contributed by atoms with van der Waals surface area (Å²) in [6.45, 7) is 8.23. The Morgan fingerprint density at radius 1 is 1.62 bits per heavy atom. The minimum atomic E-state index is -0.334. The number of ether oxygens (including phenoxy) is 1. The summed E-state index contributed by atoms with van der Waals surface area (Å²) in [4.78, 5) is 11.6. The van der Waals surface area contributed by atoms with Crippen LogP contribution in [0.2, 0.25) is 0 Å². The van der Waals surface area contributed by atoms with Gasteiger partial charge in [-0.15, -0.1) is 0 Å². The van der Waals surface area contributed by atoms with Gasteiger partial charge in [0.25, 0.3) is 0 Å². The van der Waals surface area contributed by atoms with Gasteiger partial charge in [0.15, 0.2) is 0 Å². The van der Waals surface area contributed by atoms with E-state index in [-0.39, 0.29) is 11.4 Å². The van der Waals surface area contributed by atoms with Crippen molar-refractivity contribution in [2.24, 2.45) is 11.3 Å². The van der Waals surface area contributed by atoms with E-state index >= 15 is 0 Å². The highest BCUT2D eigenvalue weighted by Crippen LogP contribution is 2.32. The monoisotopic (exact) mass is 185 g/mol. The molecular formula is C10H19NO2. The third kappa shape index (κ3) is 2.21. The normalized spacial score (nSPS) is 23.2. The van der Waals surface area contributed by atoms with Crippen molar-refractivity contribution in [3.8, 4) is 0 Å². The van der Waals surface area contributed by atoms with Gasteiger partial charge in [-0.05, 0) is 46.2 Å².